The monoisotopic (exact) mass is 355 g/mol. The zero-order valence-corrected chi connectivity index (χ0v) is 12.7. The van der Waals surface area contributed by atoms with E-state index in [1.807, 2.05) is 0 Å². The van der Waals surface area contributed by atoms with Gasteiger partial charge in [-0.15, -0.1) is 0 Å². The van der Waals surface area contributed by atoms with Crippen LogP contribution in [0.2, 0.25) is 10.0 Å². The molecule has 0 bridgehead atoms. The summed E-state index contributed by atoms with van der Waals surface area (Å²) >= 11 is 11.8. The quantitative estimate of drug-likeness (QED) is 0.499. The average molecular weight is 356 g/mol. The fourth-order valence-corrected chi connectivity index (χ4v) is 2.02. The van der Waals surface area contributed by atoms with Crippen LogP contribution >= 0.6 is 23.2 Å². The molecule has 10 heteroatoms. The summed E-state index contributed by atoms with van der Waals surface area (Å²) in [5, 5.41) is 10.8. The number of primary amides is 1. The standard InChI is InChI=1S/C13H7Cl2N3O5/c14-9-3-11(10(15)1-6(9)5-19)23-13-8(12(16)20)2-7(4-17-13)18(21)22/h1-5H,(H2,16,20). The van der Waals surface area contributed by atoms with Crippen molar-refractivity contribution in [3.8, 4) is 11.6 Å². The van der Waals surface area contributed by atoms with Gasteiger partial charge in [0, 0.05) is 17.7 Å². The zero-order chi connectivity index (χ0) is 17.1. The highest BCUT2D eigenvalue weighted by Crippen LogP contribution is 2.34. The summed E-state index contributed by atoms with van der Waals surface area (Å²) in [5.41, 5.74) is 4.59. The van der Waals surface area contributed by atoms with Crippen LogP contribution in [-0.2, 0) is 0 Å². The number of nitro groups is 1. The molecule has 0 atom stereocenters. The maximum atomic E-state index is 11.4. The Balaban J connectivity index is 2.48. The molecule has 0 aliphatic heterocycles. The van der Waals surface area contributed by atoms with Gasteiger partial charge in [0.25, 0.3) is 11.6 Å². The van der Waals surface area contributed by atoms with Gasteiger partial charge in [-0.3, -0.25) is 19.7 Å². The van der Waals surface area contributed by atoms with Crippen LogP contribution < -0.4 is 10.5 Å². The van der Waals surface area contributed by atoms with Crippen molar-refractivity contribution < 1.29 is 19.2 Å². The van der Waals surface area contributed by atoms with Crippen molar-refractivity contribution in [2.24, 2.45) is 5.73 Å². The summed E-state index contributed by atoms with van der Waals surface area (Å²) in [6, 6.07) is 3.45. The molecular weight excluding hydrogens is 349 g/mol. The van der Waals surface area contributed by atoms with E-state index in [0.717, 1.165) is 12.3 Å². The Kier molecular flexibility index (Phi) is 4.77. The van der Waals surface area contributed by atoms with Crippen LogP contribution in [-0.4, -0.2) is 22.1 Å². The van der Waals surface area contributed by atoms with Crippen LogP contribution in [0.1, 0.15) is 20.7 Å². The third-order valence-electron chi connectivity index (χ3n) is 2.70. The number of rotatable bonds is 5. The molecule has 1 amide bonds. The Morgan fingerprint density at radius 1 is 1.30 bits per heavy atom. The van der Waals surface area contributed by atoms with Crippen LogP contribution in [0.25, 0.3) is 0 Å². The number of hydrogen-bond acceptors (Lipinski definition) is 6. The molecule has 1 heterocycles. The summed E-state index contributed by atoms with van der Waals surface area (Å²) in [6.45, 7) is 0. The van der Waals surface area contributed by atoms with Gasteiger partial charge < -0.3 is 10.5 Å². The Bertz CT molecular complexity index is 825. The number of nitrogens with zero attached hydrogens (tertiary/aromatic N) is 2. The van der Waals surface area contributed by atoms with Crippen molar-refractivity contribution in [2.75, 3.05) is 0 Å². The molecule has 0 saturated heterocycles. The SMILES string of the molecule is NC(=O)c1cc([N+](=O)[O-])cnc1Oc1cc(Cl)c(C=O)cc1Cl. The minimum atomic E-state index is -0.970. The van der Waals surface area contributed by atoms with E-state index in [9.17, 15) is 19.7 Å². The van der Waals surface area contributed by atoms with Gasteiger partial charge in [0.2, 0.25) is 5.88 Å². The molecule has 1 aromatic heterocycles. The van der Waals surface area contributed by atoms with Crippen molar-refractivity contribution in [2.45, 2.75) is 0 Å². The Hall–Kier alpha value is -2.71. The van der Waals surface area contributed by atoms with Crippen molar-refractivity contribution in [3.63, 3.8) is 0 Å². The molecule has 0 aliphatic rings. The highest BCUT2D eigenvalue weighted by Gasteiger charge is 2.19. The number of aldehydes is 1. The summed E-state index contributed by atoms with van der Waals surface area (Å²) in [6.07, 6.45) is 1.41. The van der Waals surface area contributed by atoms with E-state index < -0.39 is 16.5 Å². The lowest BCUT2D eigenvalue weighted by Gasteiger charge is -2.10. The molecular formula is C13H7Cl2N3O5. The number of nitrogens with two attached hydrogens (primary N) is 1. The lowest BCUT2D eigenvalue weighted by Crippen LogP contribution is -2.13. The van der Waals surface area contributed by atoms with Gasteiger partial charge in [-0.25, -0.2) is 4.98 Å². The van der Waals surface area contributed by atoms with Crippen molar-refractivity contribution in [1.82, 2.24) is 4.98 Å². The van der Waals surface area contributed by atoms with Gasteiger partial charge >= 0.3 is 0 Å². The maximum Gasteiger partial charge on any atom is 0.288 e. The first kappa shape index (κ1) is 16.7. The maximum absolute atomic E-state index is 11.4. The fraction of sp³-hybridized carbons (Fsp3) is 0. The summed E-state index contributed by atoms with van der Waals surface area (Å²) in [4.78, 5) is 35.9. The number of amides is 1. The predicted molar refractivity (Wildman–Crippen MR) is 81.3 cm³/mol. The third kappa shape index (κ3) is 3.55. The van der Waals surface area contributed by atoms with Crippen molar-refractivity contribution in [3.05, 3.63) is 55.7 Å². The number of aromatic nitrogens is 1. The normalized spacial score (nSPS) is 10.2. The van der Waals surface area contributed by atoms with E-state index in [0.29, 0.717) is 6.29 Å². The topological polar surface area (TPSA) is 125 Å². The molecule has 0 radical (unpaired) electrons. The molecule has 0 spiro atoms. The number of carbonyl (C=O) groups excluding carboxylic acids is 2. The van der Waals surface area contributed by atoms with Crippen LogP contribution in [0.3, 0.4) is 0 Å². The second-order valence-electron chi connectivity index (χ2n) is 4.19. The average Bonchev–Trinajstić information content (AvgIpc) is 2.50. The molecule has 0 aliphatic carbocycles. The van der Waals surface area contributed by atoms with Crippen molar-refractivity contribution in [1.29, 1.82) is 0 Å². The highest BCUT2D eigenvalue weighted by molar-refractivity contribution is 6.36. The largest absolute Gasteiger partial charge is 0.437 e. The summed E-state index contributed by atoms with van der Waals surface area (Å²) < 4.78 is 5.35. The van der Waals surface area contributed by atoms with Crippen LogP contribution in [0.15, 0.2) is 24.4 Å². The first-order chi connectivity index (χ1) is 10.8. The second kappa shape index (κ2) is 6.59. The van der Waals surface area contributed by atoms with E-state index in [4.69, 9.17) is 33.7 Å². The molecule has 0 unspecified atom stereocenters. The van der Waals surface area contributed by atoms with Crippen LogP contribution in [0.5, 0.6) is 11.6 Å². The van der Waals surface area contributed by atoms with E-state index in [1.54, 1.807) is 0 Å². The number of pyridine rings is 1. The number of ether oxygens (including phenoxy) is 1. The van der Waals surface area contributed by atoms with E-state index >= 15 is 0 Å². The lowest BCUT2D eigenvalue weighted by atomic mass is 10.2. The van der Waals surface area contributed by atoms with Gasteiger partial charge in [-0.2, -0.15) is 0 Å². The number of halogens is 2. The molecule has 0 saturated carbocycles. The van der Waals surface area contributed by atoms with Crippen LogP contribution in [0.4, 0.5) is 5.69 Å². The van der Waals surface area contributed by atoms with Gasteiger partial charge in [0.05, 0.1) is 15.0 Å². The summed E-state index contributed by atoms with van der Waals surface area (Å²) in [7, 11) is 0. The van der Waals surface area contributed by atoms with Crippen LogP contribution in [0, 0.1) is 10.1 Å². The number of benzene rings is 1. The first-order valence-corrected chi connectivity index (χ1v) is 6.65. The van der Waals surface area contributed by atoms with Gasteiger partial charge in [0.1, 0.15) is 17.5 Å². The molecule has 23 heavy (non-hydrogen) atoms. The molecule has 8 nitrogen and oxygen atoms in total. The third-order valence-corrected chi connectivity index (χ3v) is 3.32. The number of carbonyl (C=O) groups is 2. The molecule has 1 aromatic carbocycles. The smallest absolute Gasteiger partial charge is 0.288 e. The van der Waals surface area contributed by atoms with Gasteiger partial charge in [0.15, 0.2) is 6.29 Å². The van der Waals surface area contributed by atoms with Crippen molar-refractivity contribution >= 4 is 41.1 Å². The first-order valence-electron chi connectivity index (χ1n) is 5.89. The van der Waals surface area contributed by atoms with Gasteiger partial charge in [-0.05, 0) is 6.07 Å². The number of hydrogen-bond donors (Lipinski definition) is 1. The molecule has 118 valence electrons. The Morgan fingerprint density at radius 2 is 2.00 bits per heavy atom. The second-order valence-corrected chi connectivity index (χ2v) is 5.01. The predicted octanol–water partition coefficient (Wildman–Crippen LogP) is 3.00. The van der Waals surface area contributed by atoms with Gasteiger partial charge in [-0.1, -0.05) is 23.2 Å². The Morgan fingerprint density at radius 3 is 2.57 bits per heavy atom. The minimum absolute atomic E-state index is 0.00567. The minimum Gasteiger partial charge on any atom is -0.437 e. The Labute approximate surface area is 138 Å². The van der Waals surface area contributed by atoms with E-state index in [1.165, 1.54) is 12.1 Å². The molecule has 2 rings (SSSR count). The molecule has 0 fully saturated rings. The molecule has 2 aromatic rings. The van der Waals surface area contributed by atoms with E-state index in [2.05, 4.69) is 4.98 Å². The zero-order valence-electron chi connectivity index (χ0n) is 11.2. The summed E-state index contributed by atoms with van der Waals surface area (Å²) in [5.74, 6) is -1.24. The lowest BCUT2D eigenvalue weighted by molar-refractivity contribution is -0.385. The fourth-order valence-electron chi connectivity index (χ4n) is 1.62. The molecule has 2 N–H and O–H groups in total. The van der Waals surface area contributed by atoms with E-state index in [-0.39, 0.29) is 32.8 Å². The highest BCUT2D eigenvalue weighted by atomic mass is 35.5.